The number of likely N-dealkylation sites (N-methyl/N-ethyl adjacent to an activating group) is 1. The Morgan fingerprint density at radius 3 is 2.79 bits per heavy atom. The molecule has 4 aromatic rings. The van der Waals surface area contributed by atoms with Crippen LogP contribution in [0.2, 0.25) is 5.02 Å². The average Bonchev–Trinajstić information content (AvgIpc) is 3.60. The highest BCUT2D eigenvalue weighted by Gasteiger charge is 2.35. The lowest BCUT2D eigenvalue weighted by molar-refractivity contribution is -0.126. The van der Waals surface area contributed by atoms with Crippen molar-refractivity contribution in [2.45, 2.75) is 25.2 Å². The summed E-state index contributed by atoms with van der Waals surface area (Å²) in [7, 11) is 3.64. The first kappa shape index (κ1) is 28.1. The molecule has 1 aromatic carbocycles. The summed E-state index contributed by atoms with van der Waals surface area (Å²) in [5.41, 5.74) is 0.773. The number of nitrogens with zero attached hydrogens (tertiary/aromatic N) is 7. The molecule has 1 unspecified atom stereocenters. The molecule has 6 rings (SSSR count). The molecule has 3 aromatic heterocycles. The molecule has 2 aliphatic rings. The topological polar surface area (TPSA) is 122 Å². The molecule has 2 aliphatic heterocycles. The average molecular weight is 597 g/mol. The van der Waals surface area contributed by atoms with Gasteiger partial charge in [0, 0.05) is 58.1 Å². The van der Waals surface area contributed by atoms with Crippen LogP contribution in [0.4, 0.5) is 10.2 Å². The van der Waals surface area contributed by atoms with Gasteiger partial charge in [-0.3, -0.25) is 14.8 Å². The number of nitrogens with one attached hydrogen (secondary N) is 1. The molecule has 0 bridgehead atoms. The van der Waals surface area contributed by atoms with Gasteiger partial charge in [-0.05, 0) is 26.1 Å². The molecule has 0 spiro atoms. The molecule has 0 aliphatic carbocycles. The summed E-state index contributed by atoms with van der Waals surface area (Å²) in [5, 5.41) is 7.65. The Labute approximate surface area is 246 Å². The first-order chi connectivity index (χ1) is 20.3. The number of piperazine rings is 1. The van der Waals surface area contributed by atoms with E-state index in [1.165, 1.54) is 18.3 Å². The summed E-state index contributed by atoms with van der Waals surface area (Å²) in [6, 6.07) is 3.08. The van der Waals surface area contributed by atoms with Gasteiger partial charge in [-0.25, -0.2) is 9.37 Å². The minimum atomic E-state index is -0.667. The number of ether oxygens (including phenoxy) is 3. The van der Waals surface area contributed by atoms with Gasteiger partial charge >= 0.3 is 6.01 Å². The quantitative estimate of drug-likeness (QED) is 0.318. The Hall–Kier alpha value is -4.07. The smallest absolute Gasteiger partial charge is 0.319 e. The van der Waals surface area contributed by atoms with Crippen LogP contribution in [-0.2, 0) is 9.53 Å². The van der Waals surface area contributed by atoms with E-state index in [1.54, 1.807) is 24.3 Å². The van der Waals surface area contributed by atoms with Crippen molar-refractivity contribution in [3.8, 4) is 17.6 Å². The van der Waals surface area contributed by atoms with Gasteiger partial charge < -0.3 is 24.0 Å². The third-order valence-corrected chi connectivity index (χ3v) is 8.03. The summed E-state index contributed by atoms with van der Waals surface area (Å²) in [6.07, 6.45) is 3.91. The molecule has 2 saturated heterocycles. The molecule has 42 heavy (non-hydrogen) atoms. The molecule has 1 N–H and O–H groups in total. The van der Waals surface area contributed by atoms with Crippen LogP contribution in [0.15, 0.2) is 37.2 Å². The Bertz CT molecular complexity index is 1670. The van der Waals surface area contributed by atoms with Gasteiger partial charge in [-0.1, -0.05) is 18.2 Å². The van der Waals surface area contributed by atoms with Crippen LogP contribution in [-0.4, -0.2) is 106 Å². The maximum absolute atomic E-state index is 14.7. The lowest BCUT2D eigenvalue weighted by atomic mass is 10.1. The number of anilines is 1. The van der Waals surface area contributed by atoms with Gasteiger partial charge in [0.2, 0.25) is 11.8 Å². The van der Waals surface area contributed by atoms with Gasteiger partial charge in [-0.2, -0.15) is 15.1 Å². The molecular formula is C28H30ClFN8O4. The van der Waals surface area contributed by atoms with Gasteiger partial charge in [0.05, 0.1) is 22.5 Å². The molecule has 5 heterocycles. The first-order valence-corrected chi connectivity index (χ1v) is 13.9. The fourth-order valence-corrected chi connectivity index (χ4v) is 5.74. The second-order valence-corrected chi connectivity index (χ2v) is 10.8. The number of aromatic amines is 1. The molecule has 12 nitrogen and oxygen atoms in total. The maximum Gasteiger partial charge on any atom is 0.319 e. The second-order valence-electron chi connectivity index (χ2n) is 10.5. The number of hydrogen-bond donors (Lipinski definition) is 1. The summed E-state index contributed by atoms with van der Waals surface area (Å²) in [5.74, 6) is -0.0356. The molecule has 14 heteroatoms. The van der Waals surface area contributed by atoms with Gasteiger partial charge in [0.25, 0.3) is 0 Å². The van der Waals surface area contributed by atoms with Gasteiger partial charge in [-0.15, -0.1) is 0 Å². The van der Waals surface area contributed by atoms with E-state index in [2.05, 4.69) is 31.6 Å². The standard InChI is InChI=1S/C28H30ClFN8O4/c1-5-22(39)37-8-9-38(15(2)12-37)26-16-6-7-31-27(42-25-17-11-32-35-19(17)10-18(30)23(25)29)24(16)33-28(34-26)41-21-14-36(3)13-20(21)40-4/h5-7,10-11,15,20-21H,1,8-9,12-14H2,2-4H3,(H,32,35)/t15-,20?,21+/m0/s1. The minimum Gasteiger partial charge on any atom is -0.456 e. The Balaban J connectivity index is 1.45. The molecule has 3 atom stereocenters. The molecule has 2 fully saturated rings. The fraction of sp³-hybridized carbons (Fsp3) is 0.393. The summed E-state index contributed by atoms with van der Waals surface area (Å²) < 4.78 is 32.8. The van der Waals surface area contributed by atoms with Crippen LogP contribution in [0.5, 0.6) is 17.6 Å². The Kier molecular flexibility index (Phi) is 7.56. The zero-order valence-electron chi connectivity index (χ0n) is 23.4. The maximum atomic E-state index is 14.7. The van der Waals surface area contributed by atoms with Gasteiger partial charge in [0.15, 0.2) is 5.75 Å². The van der Waals surface area contributed by atoms with Crippen molar-refractivity contribution < 1.29 is 23.4 Å². The van der Waals surface area contributed by atoms with Crippen molar-refractivity contribution in [1.82, 2.24) is 34.9 Å². The van der Waals surface area contributed by atoms with E-state index in [0.29, 0.717) is 60.3 Å². The number of fused-ring (bicyclic) bond motifs is 2. The van der Waals surface area contributed by atoms with Crippen LogP contribution in [0.1, 0.15) is 6.92 Å². The largest absolute Gasteiger partial charge is 0.456 e. The van der Waals surface area contributed by atoms with E-state index in [9.17, 15) is 9.18 Å². The molecule has 0 saturated carbocycles. The Morgan fingerprint density at radius 1 is 1.21 bits per heavy atom. The fourth-order valence-electron chi connectivity index (χ4n) is 5.54. The van der Waals surface area contributed by atoms with Crippen molar-refractivity contribution in [2.75, 3.05) is 51.8 Å². The van der Waals surface area contributed by atoms with Crippen LogP contribution in [0.25, 0.3) is 21.8 Å². The highest BCUT2D eigenvalue weighted by Crippen LogP contribution is 2.40. The van der Waals surface area contributed by atoms with Crippen molar-refractivity contribution in [1.29, 1.82) is 0 Å². The zero-order chi connectivity index (χ0) is 29.5. The normalized spacial score (nSPS) is 21.3. The van der Waals surface area contributed by atoms with Crippen molar-refractivity contribution >= 4 is 45.1 Å². The summed E-state index contributed by atoms with van der Waals surface area (Å²) >= 11 is 6.35. The van der Waals surface area contributed by atoms with Crippen LogP contribution in [0, 0.1) is 5.82 Å². The van der Waals surface area contributed by atoms with Gasteiger partial charge in [0.1, 0.15) is 34.4 Å². The number of benzene rings is 1. The summed E-state index contributed by atoms with van der Waals surface area (Å²) in [4.78, 5) is 32.3. The van der Waals surface area contributed by atoms with Crippen LogP contribution >= 0.6 is 11.6 Å². The van der Waals surface area contributed by atoms with E-state index in [4.69, 9.17) is 35.8 Å². The lowest BCUT2D eigenvalue weighted by Crippen LogP contribution is -2.53. The monoisotopic (exact) mass is 596 g/mol. The first-order valence-electron chi connectivity index (χ1n) is 13.5. The van der Waals surface area contributed by atoms with E-state index >= 15 is 0 Å². The number of halogens is 2. The number of amides is 1. The highest BCUT2D eigenvalue weighted by atomic mass is 35.5. The predicted octanol–water partition coefficient (Wildman–Crippen LogP) is 3.42. The SMILES string of the molecule is C=CC(=O)N1CCN(c2nc(O[C@@H]3CN(C)CC3OC)nc3c(Oc4c(Cl)c(F)cc5[nH]ncc45)nccc23)[C@@H](C)C1. The van der Waals surface area contributed by atoms with Crippen molar-refractivity contribution in [3.63, 3.8) is 0 Å². The summed E-state index contributed by atoms with van der Waals surface area (Å²) in [6.45, 7) is 8.45. The predicted molar refractivity (Wildman–Crippen MR) is 155 cm³/mol. The lowest BCUT2D eigenvalue weighted by Gasteiger charge is -2.40. The number of methoxy groups -OCH3 is 1. The van der Waals surface area contributed by atoms with E-state index in [1.807, 2.05) is 14.0 Å². The number of aromatic nitrogens is 5. The molecule has 1 amide bonds. The number of carbonyl (C=O) groups is 1. The number of pyridine rings is 1. The third kappa shape index (κ3) is 5.08. The Morgan fingerprint density at radius 2 is 2.02 bits per heavy atom. The number of hydrogen-bond acceptors (Lipinski definition) is 10. The van der Waals surface area contributed by atoms with Crippen molar-refractivity contribution in [3.05, 3.63) is 48.0 Å². The minimum absolute atomic E-state index is 0.0600. The molecule has 0 radical (unpaired) electrons. The molecular weight excluding hydrogens is 567 g/mol. The van der Waals surface area contributed by atoms with E-state index in [0.717, 1.165) is 0 Å². The number of carbonyl (C=O) groups excluding carboxylic acids is 1. The zero-order valence-corrected chi connectivity index (χ0v) is 24.1. The van der Waals surface area contributed by atoms with Crippen LogP contribution in [0.3, 0.4) is 0 Å². The number of H-pyrrole nitrogens is 1. The van der Waals surface area contributed by atoms with E-state index in [-0.39, 0.29) is 46.8 Å². The van der Waals surface area contributed by atoms with E-state index < -0.39 is 5.82 Å². The second kappa shape index (κ2) is 11.3. The van der Waals surface area contributed by atoms with Crippen LogP contribution < -0.4 is 14.4 Å². The number of rotatable bonds is 7. The molecule has 220 valence electrons. The number of likely N-dealkylation sites (tertiary alicyclic amines) is 1. The van der Waals surface area contributed by atoms with Crippen molar-refractivity contribution in [2.24, 2.45) is 0 Å². The highest BCUT2D eigenvalue weighted by molar-refractivity contribution is 6.33. The third-order valence-electron chi connectivity index (χ3n) is 7.68.